The second kappa shape index (κ2) is 12.0. The minimum atomic E-state index is -0.911. The van der Waals surface area contributed by atoms with Gasteiger partial charge in [-0.25, -0.2) is 0 Å². The van der Waals surface area contributed by atoms with Crippen molar-refractivity contribution in [2.24, 2.45) is 0 Å². The van der Waals surface area contributed by atoms with Gasteiger partial charge in [-0.3, -0.25) is 19.3 Å². The van der Waals surface area contributed by atoms with Crippen molar-refractivity contribution in [2.45, 2.75) is 58.5 Å². The molecule has 2 aromatic carbocycles. The summed E-state index contributed by atoms with van der Waals surface area (Å²) in [6, 6.07) is 19.6. The number of benzene rings is 2. The summed E-state index contributed by atoms with van der Waals surface area (Å²) in [6.45, 7) is 9.76. The molecule has 0 aliphatic heterocycles. The molecule has 7 heteroatoms. The summed E-state index contributed by atoms with van der Waals surface area (Å²) >= 11 is 1.31. The molecule has 0 aliphatic carbocycles. The van der Waals surface area contributed by atoms with Crippen molar-refractivity contribution in [1.82, 2.24) is 10.6 Å². The highest BCUT2D eigenvalue weighted by Crippen LogP contribution is 2.30. The summed E-state index contributed by atoms with van der Waals surface area (Å²) in [5.74, 6) is -0.616. The van der Waals surface area contributed by atoms with Gasteiger partial charge in [-0.2, -0.15) is 0 Å². The molecule has 3 rings (SSSR count). The Bertz CT molecular complexity index is 1150. The molecule has 3 amide bonds. The molecule has 0 fully saturated rings. The van der Waals surface area contributed by atoms with Crippen LogP contribution in [0.2, 0.25) is 0 Å². The summed E-state index contributed by atoms with van der Waals surface area (Å²) in [5, 5.41) is 7.56. The van der Waals surface area contributed by atoms with Crippen molar-refractivity contribution in [3.05, 3.63) is 88.1 Å². The first-order valence-corrected chi connectivity index (χ1v) is 13.1. The Kier molecular flexibility index (Phi) is 9.04. The zero-order valence-electron chi connectivity index (χ0n) is 21.6. The predicted molar refractivity (Wildman–Crippen MR) is 146 cm³/mol. The van der Waals surface area contributed by atoms with Crippen LogP contribution in [0.4, 0.5) is 5.69 Å². The van der Waals surface area contributed by atoms with Gasteiger partial charge in [0.25, 0.3) is 5.91 Å². The van der Waals surface area contributed by atoms with E-state index >= 15 is 0 Å². The molecule has 1 heterocycles. The maximum Gasteiger partial charge on any atom is 0.261 e. The summed E-state index contributed by atoms with van der Waals surface area (Å²) in [6.07, 6.45) is 0.997. The number of hydrogen-bond acceptors (Lipinski definition) is 4. The molecule has 0 spiro atoms. The lowest BCUT2D eigenvalue weighted by atomic mass is 9.97. The first-order valence-electron chi connectivity index (χ1n) is 12.2. The first kappa shape index (κ1) is 27.1. The van der Waals surface area contributed by atoms with Gasteiger partial charge in [-0.1, -0.05) is 62.4 Å². The number of nitrogens with one attached hydrogen (secondary N) is 2. The number of amides is 3. The number of nitrogens with zero attached hydrogens (tertiary/aromatic N) is 1. The van der Waals surface area contributed by atoms with E-state index in [1.807, 2.05) is 80.7 Å². The highest BCUT2D eigenvalue weighted by molar-refractivity contribution is 7.12. The van der Waals surface area contributed by atoms with Gasteiger partial charge in [0.2, 0.25) is 11.8 Å². The van der Waals surface area contributed by atoms with E-state index in [0.29, 0.717) is 22.0 Å². The average Bonchev–Trinajstić information content (AvgIpc) is 3.40. The van der Waals surface area contributed by atoms with Gasteiger partial charge in [-0.05, 0) is 67.8 Å². The van der Waals surface area contributed by atoms with Gasteiger partial charge in [0.15, 0.2) is 0 Å². The van der Waals surface area contributed by atoms with Crippen LogP contribution in [-0.4, -0.2) is 29.8 Å². The van der Waals surface area contributed by atoms with E-state index in [1.54, 1.807) is 12.1 Å². The van der Waals surface area contributed by atoms with Crippen LogP contribution in [0.5, 0.6) is 0 Å². The zero-order valence-corrected chi connectivity index (χ0v) is 22.4. The van der Waals surface area contributed by atoms with E-state index in [1.165, 1.54) is 16.2 Å². The third kappa shape index (κ3) is 7.04. The fraction of sp³-hybridized carbons (Fsp3) is 0.345. The normalized spacial score (nSPS) is 12.9. The van der Waals surface area contributed by atoms with E-state index in [0.717, 1.165) is 12.0 Å². The molecule has 0 aliphatic rings. The van der Waals surface area contributed by atoms with Gasteiger partial charge >= 0.3 is 0 Å². The molecule has 36 heavy (non-hydrogen) atoms. The van der Waals surface area contributed by atoms with Gasteiger partial charge in [-0.15, -0.1) is 11.3 Å². The lowest BCUT2D eigenvalue weighted by Crippen LogP contribution is -2.51. The molecule has 2 atom stereocenters. The summed E-state index contributed by atoms with van der Waals surface area (Å²) in [7, 11) is 0. The number of anilines is 1. The third-order valence-corrected chi connectivity index (χ3v) is 6.76. The Morgan fingerprint density at radius 1 is 0.917 bits per heavy atom. The molecule has 0 saturated heterocycles. The molecular weight excluding hydrogens is 470 g/mol. The van der Waals surface area contributed by atoms with Crippen LogP contribution in [0.3, 0.4) is 0 Å². The fourth-order valence-corrected chi connectivity index (χ4v) is 4.50. The van der Waals surface area contributed by atoms with Gasteiger partial charge in [0.05, 0.1) is 11.4 Å². The topological polar surface area (TPSA) is 78.5 Å². The lowest BCUT2D eigenvalue weighted by Gasteiger charge is -2.34. The smallest absolute Gasteiger partial charge is 0.261 e. The minimum Gasteiger partial charge on any atom is -0.349 e. The Labute approximate surface area is 217 Å². The summed E-state index contributed by atoms with van der Waals surface area (Å²) < 4.78 is 0. The molecule has 190 valence electrons. The Morgan fingerprint density at radius 3 is 2.14 bits per heavy atom. The molecule has 0 saturated carbocycles. The maximum absolute atomic E-state index is 13.7. The second-order valence-corrected chi connectivity index (χ2v) is 10.8. The number of carbonyl (C=O) groups is 3. The van der Waals surface area contributed by atoms with Gasteiger partial charge < -0.3 is 10.6 Å². The van der Waals surface area contributed by atoms with E-state index in [-0.39, 0.29) is 24.3 Å². The first-order chi connectivity index (χ1) is 17.1. The summed E-state index contributed by atoms with van der Waals surface area (Å²) in [4.78, 5) is 41.9. The van der Waals surface area contributed by atoms with Crippen LogP contribution in [0, 0.1) is 0 Å². The number of thiophene rings is 1. The van der Waals surface area contributed by atoms with E-state index in [9.17, 15) is 14.4 Å². The highest BCUT2D eigenvalue weighted by Gasteiger charge is 2.34. The quantitative estimate of drug-likeness (QED) is 0.393. The van der Waals surface area contributed by atoms with Crippen LogP contribution >= 0.6 is 11.3 Å². The van der Waals surface area contributed by atoms with Crippen LogP contribution in [0.1, 0.15) is 73.8 Å². The van der Waals surface area contributed by atoms with Crippen molar-refractivity contribution >= 4 is 34.7 Å². The van der Waals surface area contributed by atoms with Crippen molar-refractivity contribution in [2.75, 3.05) is 11.4 Å². The molecule has 3 aromatic rings. The van der Waals surface area contributed by atoms with Crippen LogP contribution in [-0.2, 0) is 9.59 Å². The third-order valence-electron chi connectivity index (χ3n) is 5.89. The highest BCUT2D eigenvalue weighted by atomic mass is 32.1. The monoisotopic (exact) mass is 505 g/mol. The number of carbonyl (C=O) groups excluding carboxylic acids is 3. The molecule has 0 bridgehead atoms. The van der Waals surface area contributed by atoms with Crippen molar-refractivity contribution in [3.8, 4) is 0 Å². The Morgan fingerprint density at radius 2 is 1.58 bits per heavy atom. The van der Waals surface area contributed by atoms with E-state index in [2.05, 4.69) is 24.5 Å². The standard InChI is InChI=1S/C29H35N3O3S/c1-6-20(2)21-14-16-23(17-15-21)32(25(33)19-30-27(34)24-13-10-18-36-24)26(22-11-8-7-9-12-22)28(35)31-29(3,4)5/h7-18,20,26H,6,19H2,1-5H3,(H,30,34)(H,31,35). The van der Waals surface area contributed by atoms with Crippen LogP contribution in [0.15, 0.2) is 72.1 Å². The molecule has 1 aromatic heterocycles. The molecule has 2 N–H and O–H groups in total. The minimum absolute atomic E-state index is 0.240. The largest absolute Gasteiger partial charge is 0.349 e. The second-order valence-electron chi connectivity index (χ2n) is 9.88. The van der Waals surface area contributed by atoms with Crippen LogP contribution < -0.4 is 15.5 Å². The summed E-state index contributed by atoms with van der Waals surface area (Å²) in [5.41, 5.74) is 1.95. The van der Waals surface area contributed by atoms with Crippen molar-refractivity contribution in [3.63, 3.8) is 0 Å². The van der Waals surface area contributed by atoms with Crippen LogP contribution in [0.25, 0.3) is 0 Å². The lowest BCUT2D eigenvalue weighted by molar-refractivity contribution is -0.127. The molecule has 0 radical (unpaired) electrons. The number of hydrogen-bond donors (Lipinski definition) is 2. The van der Waals surface area contributed by atoms with E-state index < -0.39 is 11.6 Å². The zero-order chi connectivity index (χ0) is 26.3. The van der Waals surface area contributed by atoms with Gasteiger partial charge in [0.1, 0.15) is 6.04 Å². The fourth-order valence-electron chi connectivity index (χ4n) is 3.86. The van der Waals surface area contributed by atoms with Crippen molar-refractivity contribution in [1.29, 1.82) is 0 Å². The Balaban J connectivity index is 2.01. The molecule has 2 unspecified atom stereocenters. The van der Waals surface area contributed by atoms with Crippen molar-refractivity contribution < 1.29 is 14.4 Å². The number of rotatable bonds is 9. The Hall–Kier alpha value is -3.45. The SMILES string of the molecule is CCC(C)c1ccc(N(C(=O)CNC(=O)c2cccs2)C(C(=O)NC(C)(C)C)c2ccccc2)cc1. The molecular formula is C29H35N3O3S. The maximum atomic E-state index is 13.7. The van der Waals surface area contributed by atoms with Gasteiger partial charge in [0, 0.05) is 11.2 Å². The average molecular weight is 506 g/mol. The molecule has 6 nitrogen and oxygen atoms in total. The predicted octanol–water partition coefficient (Wildman–Crippen LogP) is 5.68. The van der Waals surface area contributed by atoms with E-state index in [4.69, 9.17) is 0 Å².